The molecular formula is C88H157N23O18. The van der Waals surface area contributed by atoms with Gasteiger partial charge in [-0.15, -0.1) is 0 Å². The van der Waals surface area contributed by atoms with E-state index in [1.807, 2.05) is 0 Å². The predicted octanol–water partition coefficient (Wildman–Crippen LogP) is -2.65. The van der Waals surface area contributed by atoms with Gasteiger partial charge in [0, 0.05) is 23.5 Å². The van der Waals surface area contributed by atoms with E-state index in [2.05, 4.69) is 84.7 Å². The van der Waals surface area contributed by atoms with Crippen molar-refractivity contribution in [1.82, 2.24) is 84.7 Å². The van der Waals surface area contributed by atoms with E-state index in [9.17, 15) is 77.3 Å². The van der Waals surface area contributed by atoms with Crippen molar-refractivity contribution in [1.29, 1.82) is 0 Å². The van der Waals surface area contributed by atoms with Gasteiger partial charge in [0.25, 0.3) is 0 Å². The van der Waals surface area contributed by atoms with Crippen molar-refractivity contribution in [2.45, 2.75) is 322 Å². The molecule has 1 heterocycles. The third-order valence-electron chi connectivity index (χ3n) is 22.6. The Hall–Kier alpha value is -10.0. The number of aromatic nitrogens is 1. The van der Waals surface area contributed by atoms with Crippen LogP contribution in [0.15, 0.2) is 30.5 Å². The summed E-state index contributed by atoms with van der Waals surface area (Å²) in [5, 5.41) is 61.9. The number of benzene rings is 1. The van der Waals surface area contributed by atoms with E-state index in [1.54, 1.807) is 114 Å². The van der Waals surface area contributed by atoms with Crippen LogP contribution < -0.4 is 120 Å². The maximum atomic E-state index is 15.2. The molecule has 0 unspecified atom stereocenters. The summed E-state index contributed by atoms with van der Waals surface area (Å²) in [6, 6.07) is -13.4. The highest BCUT2D eigenvalue weighted by Crippen LogP contribution is 2.22. The number of para-hydroxylation sites is 1. The zero-order chi connectivity index (χ0) is 97.2. The smallest absolute Gasteiger partial charge is 0.245 e. The maximum Gasteiger partial charge on any atom is 0.245 e. The lowest BCUT2D eigenvalue weighted by molar-refractivity contribution is -0.137. The fourth-order valence-electron chi connectivity index (χ4n) is 14.3. The molecule has 0 aliphatic heterocycles. The number of unbranched alkanes of at least 4 members (excludes halogenated alkanes) is 5. The molecule has 0 fully saturated rings. The highest BCUT2D eigenvalue weighted by molar-refractivity contribution is 6.01. The third kappa shape index (κ3) is 41.7. The molecule has 0 radical (unpaired) electrons. The number of carbonyl (C=O) groups excluding carboxylic acids is 16. The lowest BCUT2D eigenvalue weighted by Crippen LogP contribution is -2.62. The van der Waals surface area contributed by atoms with Gasteiger partial charge in [0.2, 0.25) is 94.5 Å². The zero-order valence-corrected chi connectivity index (χ0v) is 78.2. The summed E-state index contributed by atoms with van der Waals surface area (Å²) in [6.07, 6.45) is 6.63. The lowest BCUT2D eigenvalue weighted by Gasteiger charge is -2.31. The van der Waals surface area contributed by atoms with E-state index in [0.29, 0.717) is 93.6 Å². The van der Waals surface area contributed by atoms with E-state index >= 15 is 9.59 Å². The van der Waals surface area contributed by atoms with Gasteiger partial charge in [0.15, 0.2) is 0 Å². The molecule has 0 aliphatic carbocycles. The van der Waals surface area contributed by atoms with Crippen LogP contribution in [0.3, 0.4) is 0 Å². The Morgan fingerprint density at radius 1 is 0.318 bits per heavy atom. The first kappa shape index (κ1) is 115. The van der Waals surface area contributed by atoms with Gasteiger partial charge in [-0.1, -0.05) is 121 Å². The van der Waals surface area contributed by atoms with Gasteiger partial charge in [-0.05, 0) is 202 Å². The van der Waals surface area contributed by atoms with Crippen LogP contribution in [0.25, 0.3) is 10.9 Å². The van der Waals surface area contributed by atoms with Crippen LogP contribution in [0.1, 0.15) is 230 Å². The first-order valence-corrected chi connectivity index (χ1v) is 46.0. The topological polar surface area (TPSA) is 692 Å². The van der Waals surface area contributed by atoms with E-state index < -0.39 is 223 Å². The Morgan fingerprint density at radius 2 is 0.589 bits per heavy atom. The van der Waals surface area contributed by atoms with E-state index in [-0.39, 0.29) is 115 Å². The summed E-state index contributed by atoms with van der Waals surface area (Å²) in [5.41, 5.74) is 41.7. The average Bonchev–Trinajstić information content (AvgIpc) is 1.77. The molecule has 18 atom stereocenters. The molecule has 2 aromatic rings. The molecule has 0 saturated carbocycles. The lowest BCUT2D eigenvalue weighted by atomic mass is 9.94. The van der Waals surface area contributed by atoms with Gasteiger partial charge in [0.1, 0.15) is 90.6 Å². The molecule has 0 aliphatic rings. The molecule has 41 nitrogen and oxygen atoms in total. The van der Waals surface area contributed by atoms with Crippen molar-refractivity contribution in [2.75, 3.05) is 52.5 Å². The molecule has 1 aromatic heterocycles. The van der Waals surface area contributed by atoms with Crippen molar-refractivity contribution in [3.8, 4) is 0 Å². The monoisotopic (exact) mass is 1820 g/mol. The normalized spacial score (nSPS) is 15.7. The molecule has 0 spiro atoms. The van der Waals surface area contributed by atoms with Crippen molar-refractivity contribution in [2.24, 2.45) is 75.6 Å². The number of rotatable bonds is 67. The number of H-pyrrole nitrogens is 1. The second kappa shape index (κ2) is 62.3. The van der Waals surface area contributed by atoms with Crippen LogP contribution in [-0.2, 0) is 83.1 Å². The van der Waals surface area contributed by atoms with Crippen LogP contribution >= 0.6 is 0 Å². The predicted molar refractivity (Wildman–Crippen MR) is 490 cm³/mol. The minimum absolute atomic E-state index is 0.000654. The highest BCUT2D eigenvalue weighted by atomic mass is 16.3. The summed E-state index contributed by atoms with van der Waals surface area (Å²) < 4.78 is 0. The Morgan fingerprint density at radius 3 is 0.930 bits per heavy atom. The minimum Gasteiger partial charge on any atom is -0.394 e. The average molecular weight is 1830 g/mol. The molecular weight excluding hydrogens is 1670 g/mol. The van der Waals surface area contributed by atoms with E-state index in [4.69, 9.17) is 40.1 Å². The number of primary amides is 1. The van der Waals surface area contributed by atoms with E-state index in [0.717, 1.165) is 0 Å². The van der Waals surface area contributed by atoms with Gasteiger partial charge in [0.05, 0.1) is 19.8 Å². The third-order valence-corrected chi connectivity index (χ3v) is 22.6. The Kier molecular flexibility index (Phi) is 55.5. The summed E-state index contributed by atoms with van der Waals surface area (Å²) >= 11 is 0. The standard InChI is InChI=1S/C88H157N23O18/c1-14-52(10)71(109-70(114)45-94)87(128)106-66(43-51(8)9)82(123)107-69(48-113)85(126)108-68(47-112)84(125)104-65(42-50(6)7)81(122)105-67(44-56-46-96-58-30-18-17-29-57(56)58)83(124)102-61(33-21-26-38-91)76(117)99-62(34-22-27-39-92)78(119)103-64(41-49(4)5)80(121)101-60(32-20-25-37-90)77(118)100-63(35-23-28-40-93)79(120)110-73(54(12)16-3)88(129)111-72(53(11)15-2)86(127)97-55(13)75(116)98-59(74(95)115)31-19-24-36-89/h17-18,29-30,46,49-55,59-69,71-73,96,112-113H,14-16,19-28,31-45,47-48,89-94H2,1-13H3,(H2,95,115)(H,97,127)(H,98,116)(H,99,117)(H,100,118)(H,101,121)(H,102,124)(H,103,119)(H,104,125)(H,105,122)(H,106,128)(H,107,123)(H,108,126)(H,109,114)(H,110,120)(H,111,129)/t52-,53-,54-,55-,59-,60-,61-,62-,63-,64-,65-,66-,67-,68-,69-,71-,72-,73-/m1/s1. The number of carbonyl (C=O) groups is 16. The number of amides is 16. The fourth-order valence-corrected chi connectivity index (χ4v) is 14.3. The van der Waals surface area contributed by atoms with Crippen LogP contribution in [0.4, 0.5) is 0 Å². The highest BCUT2D eigenvalue weighted by Gasteiger charge is 2.41. The van der Waals surface area contributed by atoms with Crippen LogP contribution in [-0.4, -0.2) is 253 Å². The molecule has 0 saturated heterocycles. The second-order valence-corrected chi connectivity index (χ2v) is 34.9. The Bertz CT molecular complexity index is 3850. The van der Waals surface area contributed by atoms with Gasteiger partial charge in [-0.2, -0.15) is 0 Å². The summed E-state index contributed by atoms with van der Waals surface area (Å²) in [5.74, 6) is -15.5. The zero-order valence-electron chi connectivity index (χ0n) is 78.2. The number of aliphatic hydroxyl groups is 2. The summed E-state index contributed by atoms with van der Waals surface area (Å²) in [6.45, 7) is 21.3. The SMILES string of the molecule is CC[C@@H](C)[C@@H](NC(=O)CN)C(=O)N[C@H](CC(C)C)C(=O)N[C@H](CO)C(=O)N[C@H](CO)C(=O)N[C@H](CC(C)C)C(=O)N[C@H](Cc1c[nH]c2ccccc12)C(=O)N[C@H](CCCCN)C(=O)N[C@H](CCCCN)C(=O)N[C@H](CC(C)C)C(=O)N[C@H](CCCCN)C(=O)N[C@H](CCCCN)C(=O)N[C@@H](C(=O)N[C@@H](C(=O)N[C@H](C)C(=O)N[C@H](CCCCN)C(N)=O)[C@H](C)CC)[C@H](C)CC. The number of nitrogens with one attached hydrogen (secondary N) is 16. The van der Waals surface area contributed by atoms with Gasteiger partial charge in [-0.25, -0.2) is 0 Å². The van der Waals surface area contributed by atoms with Crippen molar-refractivity contribution >= 4 is 105 Å². The second-order valence-electron chi connectivity index (χ2n) is 34.9. The van der Waals surface area contributed by atoms with Crippen LogP contribution in [0.2, 0.25) is 0 Å². The molecule has 1 aromatic carbocycles. The molecule has 2 rings (SSSR count). The van der Waals surface area contributed by atoms with Gasteiger partial charge < -0.3 is 135 Å². The van der Waals surface area contributed by atoms with Crippen molar-refractivity contribution in [3.63, 3.8) is 0 Å². The molecule has 0 bridgehead atoms. The summed E-state index contributed by atoms with van der Waals surface area (Å²) in [4.78, 5) is 230. The first-order chi connectivity index (χ1) is 61.2. The van der Waals surface area contributed by atoms with Crippen molar-refractivity contribution in [3.05, 3.63) is 36.0 Å². The number of fused-ring (bicyclic) bond motifs is 1. The Balaban J connectivity index is 2.63. The number of aromatic amines is 1. The molecule has 16 amide bonds. The van der Waals surface area contributed by atoms with Gasteiger partial charge in [-0.3, -0.25) is 76.7 Å². The van der Waals surface area contributed by atoms with Crippen molar-refractivity contribution < 1.29 is 86.9 Å². The van der Waals surface area contributed by atoms with Crippen LogP contribution in [0, 0.1) is 35.5 Å². The number of nitrogens with two attached hydrogens (primary N) is 7. The fraction of sp³-hybridized carbons (Fsp3) is 0.727. The number of hydrogen-bond acceptors (Lipinski definition) is 24. The Labute approximate surface area is 759 Å². The first-order valence-electron chi connectivity index (χ1n) is 46.0. The number of hydrogen-bond donors (Lipinski definition) is 25. The largest absolute Gasteiger partial charge is 0.394 e. The molecule has 129 heavy (non-hydrogen) atoms. The maximum absolute atomic E-state index is 15.2. The quantitative estimate of drug-likeness (QED) is 0.0301. The molecule has 732 valence electrons. The number of aliphatic hydroxyl groups excluding tert-OH is 2. The van der Waals surface area contributed by atoms with Crippen LogP contribution in [0.5, 0.6) is 0 Å². The summed E-state index contributed by atoms with van der Waals surface area (Å²) in [7, 11) is 0. The minimum atomic E-state index is -1.81. The van der Waals surface area contributed by atoms with Gasteiger partial charge >= 0.3 is 0 Å². The molecule has 41 heteroatoms. The molecule has 32 N–H and O–H groups in total. The van der Waals surface area contributed by atoms with E-state index in [1.165, 1.54) is 6.92 Å².